The summed E-state index contributed by atoms with van der Waals surface area (Å²) in [5, 5.41) is 4.17. The van der Waals surface area contributed by atoms with Gasteiger partial charge in [0, 0.05) is 20.4 Å². The number of hydrogen-bond donors (Lipinski definition) is 1. The van der Waals surface area contributed by atoms with E-state index in [4.69, 9.17) is 11.6 Å². The minimum atomic E-state index is -0.163. The fraction of sp³-hybridized carbons (Fsp3) is 0.0714. The highest BCUT2D eigenvalue weighted by molar-refractivity contribution is 9.10. The third kappa shape index (κ3) is 3.81. The fourth-order valence-electron chi connectivity index (χ4n) is 1.53. The number of benzene rings is 2. The molecule has 0 unspecified atom stereocenters. The summed E-state index contributed by atoms with van der Waals surface area (Å²) in [6, 6.07) is 12.7. The molecule has 2 aromatic carbocycles. The van der Waals surface area contributed by atoms with Crippen LogP contribution in [0.1, 0.15) is 15.9 Å². The van der Waals surface area contributed by atoms with Gasteiger partial charge < -0.3 is 5.32 Å². The maximum Gasteiger partial charge on any atom is 0.255 e. The summed E-state index contributed by atoms with van der Waals surface area (Å²) in [7, 11) is 0. The number of alkyl halides is 1. The van der Waals surface area contributed by atoms with Crippen LogP contribution in [0, 0.1) is 0 Å². The Labute approximate surface area is 133 Å². The molecule has 0 radical (unpaired) electrons. The molecule has 98 valence electrons. The Morgan fingerprint density at radius 3 is 2.47 bits per heavy atom. The molecule has 2 rings (SSSR count). The normalized spacial score (nSPS) is 10.3. The van der Waals surface area contributed by atoms with Gasteiger partial charge in [0.1, 0.15) is 0 Å². The molecule has 0 aliphatic carbocycles. The van der Waals surface area contributed by atoms with Crippen LogP contribution in [0.3, 0.4) is 0 Å². The minimum Gasteiger partial charge on any atom is -0.321 e. The van der Waals surface area contributed by atoms with Crippen molar-refractivity contribution in [1.29, 1.82) is 0 Å². The zero-order valence-electron chi connectivity index (χ0n) is 9.79. The lowest BCUT2D eigenvalue weighted by molar-refractivity contribution is 0.102. The van der Waals surface area contributed by atoms with Gasteiger partial charge in [0.25, 0.3) is 5.91 Å². The number of hydrogen-bond acceptors (Lipinski definition) is 1. The zero-order chi connectivity index (χ0) is 13.8. The number of halogens is 3. The summed E-state index contributed by atoms with van der Waals surface area (Å²) in [4.78, 5) is 12.1. The lowest BCUT2D eigenvalue weighted by Gasteiger charge is -2.08. The quantitative estimate of drug-likeness (QED) is 0.697. The molecule has 0 aromatic heterocycles. The second-order valence-corrected chi connectivity index (χ2v) is 5.76. The van der Waals surface area contributed by atoms with Crippen LogP contribution in [-0.2, 0) is 5.33 Å². The van der Waals surface area contributed by atoms with E-state index in [1.807, 2.05) is 12.1 Å². The summed E-state index contributed by atoms with van der Waals surface area (Å²) < 4.78 is 0.794. The topological polar surface area (TPSA) is 29.1 Å². The van der Waals surface area contributed by atoms with E-state index in [1.165, 1.54) is 0 Å². The lowest BCUT2D eigenvalue weighted by Crippen LogP contribution is -2.12. The summed E-state index contributed by atoms with van der Waals surface area (Å²) in [6.07, 6.45) is 0. The molecule has 5 heteroatoms. The second-order valence-electron chi connectivity index (χ2n) is 3.91. The van der Waals surface area contributed by atoms with Gasteiger partial charge in [-0.25, -0.2) is 0 Å². The number of carbonyl (C=O) groups excluding carboxylic acids is 1. The largest absolute Gasteiger partial charge is 0.321 e. The van der Waals surface area contributed by atoms with Gasteiger partial charge in [0.2, 0.25) is 0 Å². The molecule has 2 nitrogen and oxygen atoms in total. The van der Waals surface area contributed by atoms with E-state index < -0.39 is 0 Å². The summed E-state index contributed by atoms with van der Waals surface area (Å²) in [6.45, 7) is 0. The Hall–Kier alpha value is -0.840. The molecule has 0 fully saturated rings. The van der Waals surface area contributed by atoms with Crippen LogP contribution >= 0.6 is 43.5 Å². The number of nitrogens with one attached hydrogen (secondary N) is 1. The van der Waals surface area contributed by atoms with Crippen LogP contribution in [0.5, 0.6) is 0 Å². The molecule has 0 bridgehead atoms. The Bertz CT molecular complexity index is 599. The first-order valence-corrected chi connectivity index (χ1v) is 7.80. The zero-order valence-corrected chi connectivity index (χ0v) is 13.7. The standard InChI is InChI=1S/C14H10Br2ClNO/c15-8-9-1-3-10(4-2-9)14(19)18-13-7-11(17)5-6-12(13)16/h1-7H,8H2,(H,18,19). The van der Waals surface area contributed by atoms with Gasteiger partial charge in [-0.05, 0) is 51.8 Å². The van der Waals surface area contributed by atoms with Crippen molar-refractivity contribution in [3.05, 3.63) is 63.1 Å². The third-order valence-corrected chi connectivity index (χ3v) is 4.12. The van der Waals surface area contributed by atoms with Crippen LogP contribution in [0.2, 0.25) is 5.02 Å². The molecule has 0 saturated heterocycles. The highest BCUT2D eigenvalue weighted by Gasteiger charge is 2.08. The minimum absolute atomic E-state index is 0.163. The molecule has 0 aliphatic rings. The van der Waals surface area contributed by atoms with E-state index in [9.17, 15) is 4.79 Å². The van der Waals surface area contributed by atoms with E-state index in [0.717, 1.165) is 15.4 Å². The molecule has 2 aromatic rings. The van der Waals surface area contributed by atoms with Crippen LogP contribution in [0.4, 0.5) is 5.69 Å². The van der Waals surface area contributed by atoms with Crippen molar-refractivity contribution in [1.82, 2.24) is 0 Å². The van der Waals surface area contributed by atoms with Gasteiger partial charge in [-0.15, -0.1) is 0 Å². The predicted molar refractivity (Wildman–Crippen MR) is 86.2 cm³/mol. The van der Waals surface area contributed by atoms with Gasteiger partial charge in [-0.3, -0.25) is 4.79 Å². The first-order chi connectivity index (χ1) is 9.10. The van der Waals surface area contributed by atoms with Crippen molar-refractivity contribution >= 4 is 55.1 Å². The van der Waals surface area contributed by atoms with E-state index in [-0.39, 0.29) is 5.91 Å². The van der Waals surface area contributed by atoms with Crippen LogP contribution < -0.4 is 5.32 Å². The summed E-state index contributed by atoms with van der Waals surface area (Å²) in [5.41, 5.74) is 2.39. The average molecular weight is 404 g/mol. The van der Waals surface area contributed by atoms with Gasteiger partial charge in [-0.1, -0.05) is 39.7 Å². The van der Waals surface area contributed by atoms with E-state index in [1.54, 1.807) is 30.3 Å². The van der Waals surface area contributed by atoms with E-state index >= 15 is 0 Å². The molecule has 0 spiro atoms. The van der Waals surface area contributed by atoms with Gasteiger partial charge in [0.05, 0.1) is 5.69 Å². The molecule has 1 amide bonds. The van der Waals surface area contributed by atoms with Crippen molar-refractivity contribution in [2.75, 3.05) is 5.32 Å². The maximum atomic E-state index is 12.1. The maximum absolute atomic E-state index is 12.1. The van der Waals surface area contributed by atoms with Gasteiger partial charge >= 0.3 is 0 Å². The molecule has 0 saturated carbocycles. The highest BCUT2D eigenvalue weighted by atomic mass is 79.9. The van der Waals surface area contributed by atoms with Gasteiger partial charge in [0.15, 0.2) is 0 Å². The smallest absolute Gasteiger partial charge is 0.255 e. The predicted octanol–water partition coefficient (Wildman–Crippen LogP) is 5.25. The number of carbonyl (C=O) groups is 1. The molecule has 0 atom stereocenters. The lowest BCUT2D eigenvalue weighted by atomic mass is 10.1. The number of amides is 1. The third-order valence-electron chi connectivity index (χ3n) is 2.55. The molecule has 0 heterocycles. The summed E-state index contributed by atoms with van der Waals surface area (Å²) in [5.74, 6) is -0.163. The Kier molecular flexibility index (Phi) is 5.02. The second kappa shape index (κ2) is 6.55. The molecule has 19 heavy (non-hydrogen) atoms. The Balaban J connectivity index is 2.18. The monoisotopic (exact) mass is 401 g/mol. The molecular weight excluding hydrogens is 393 g/mol. The van der Waals surface area contributed by atoms with Crippen molar-refractivity contribution < 1.29 is 4.79 Å². The highest BCUT2D eigenvalue weighted by Crippen LogP contribution is 2.26. The van der Waals surface area contributed by atoms with Gasteiger partial charge in [-0.2, -0.15) is 0 Å². The first-order valence-electron chi connectivity index (χ1n) is 5.51. The fourth-order valence-corrected chi connectivity index (χ4v) is 2.42. The SMILES string of the molecule is O=C(Nc1cc(Cl)ccc1Br)c1ccc(CBr)cc1. The van der Waals surface area contributed by atoms with Crippen molar-refractivity contribution in [2.24, 2.45) is 0 Å². The van der Waals surface area contributed by atoms with Crippen LogP contribution in [0.25, 0.3) is 0 Å². The molecular formula is C14H10Br2ClNO. The Morgan fingerprint density at radius 2 is 1.84 bits per heavy atom. The Morgan fingerprint density at radius 1 is 1.16 bits per heavy atom. The molecule has 1 N–H and O–H groups in total. The van der Waals surface area contributed by atoms with Crippen molar-refractivity contribution in [2.45, 2.75) is 5.33 Å². The average Bonchev–Trinajstić information content (AvgIpc) is 2.43. The van der Waals surface area contributed by atoms with Crippen molar-refractivity contribution in [3.8, 4) is 0 Å². The molecule has 0 aliphatic heterocycles. The summed E-state index contributed by atoms with van der Waals surface area (Å²) >= 11 is 12.7. The van der Waals surface area contributed by atoms with Crippen LogP contribution in [0.15, 0.2) is 46.9 Å². The van der Waals surface area contributed by atoms with Crippen LogP contribution in [-0.4, -0.2) is 5.91 Å². The first kappa shape index (κ1) is 14.6. The van der Waals surface area contributed by atoms with E-state index in [0.29, 0.717) is 16.3 Å². The van der Waals surface area contributed by atoms with Crippen molar-refractivity contribution in [3.63, 3.8) is 0 Å². The van der Waals surface area contributed by atoms with E-state index in [2.05, 4.69) is 37.2 Å². The number of rotatable bonds is 3. The number of anilines is 1.